The smallest absolute Gasteiger partial charge is 0.0928 e. The lowest BCUT2D eigenvalue weighted by atomic mass is 9.88. The highest BCUT2D eigenvalue weighted by atomic mass is 16.3. The second-order valence-corrected chi connectivity index (χ2v) is 5.20. The zero-order valence-electron chi connectivity index (χ0n) is 9.47. The summed E-state index contributed by atoms with van der Waals surface area (Å²) in [4.78, 5) is 6.44. The summed E-state index contributed by atoms with van der Waals surface area (Å²) in [5, 5.41) is 10.2. The van der Waals surface area contributed by atoms with Crippen molar-refractivity contribution >= 4 is 0 Å². The molecule has 0 unspecified atom stereocenters. The molecule has 1 aliphatic carbocycles. The summed E-state index contributed by atoms with van der Waals surface area (Å²) in [5.74, 6) is 0.599. The first kappa shape index (κ1) is 10.2. The number of aromatic nitrogens is 1. The summed E-state index contributed by atoms with van der Waals surface area (Å²) in [6.45, 7) is 2.79. The number of nitrogens with zero attached hydrogens (tertiary/aromatic N) is 2. The fourth-order valence-corrected chi connectivity index (χ4v) is 2.60. The van der Waals surface area contributed by atoms with Crippen LogP contribution in [0.3, 0.4) is 0 Å². The van der Waals surface area contributed by atoms with Crippen molar-refractivity contribution in [2.24, 2.45) is 5.92 Å². The third-order valence-corrected chi connectivity index (χ3v) is 3.77. The molecule has 3 nitrogen and oxygen atoms in total. The monoisotopic (exact) mass is 218 g/mol. The second kappa shape index (κ2) is 3.82. The summed E-state index contributed by atoms with van der Waals surface area (Å²) >= 11 is 0. The number of hydrogen-bond acceptors (Lipinski definition) is 3. The minimum Gasteiger partial charge on any atom is -0.387 e. The number of rotatable bonds is 4. The Morgan fingerprint density at radius 2 is 2.25 bits per heavy atom. The van der Waals surface area contributed by atoms with Gasteiger partial charge in [-0.05, 0) is 36.8 Å². The van der Waals surface area contributed by atoms with Gasteiger partial charge in [-0.2, -0.15) is 0 Å². The Morgan fingerprint density at radius 3 is 2.88 bits per heavy atom. The first-order valence-corrected chi connectivity index (χ1v) is 6.10. The Kier molecular flexibility index (Phi) is 2.45. The van der Waals surface area contributed by atoms with E-state index in [0.717, 1.165) is 26.1 Å². The third kappa shape index (κ3) is 1.97. The number of hydrogen-bond donors (Lipinski definition) is 1. The Bertz CT molecular complexity index is 355. The molecule has 1 aromatic heterocycles. The van der Waals surface area contributed by atoms with Crippen LogP contribution in [0.5, 0.6) is 0 Å². The average molecular weight is 218 g/mol. The SMILES string of the molecule is OC1(C2CC2)CN(CCc2cccnc2)C1. The molecule has 3 rings (SSSR count). The Morgan fingerprint density at radius 1 is 1.44 bits per heavy atom. The number of likely N-dealkylation sites (tertiary alicyclic amines) is 1. The molecule has 1 saturated heterocycles. The van der Waals surface area contributed by atoms with Crippen molar-refractivity contribution < 1.29 is 5.11 Å². The summed E-state index contributed by atoms with van der Waals surface area (Å²) < 4.78 is 0. The molecule has 1 aromatic rings. The van der Waals surface area contributed by atoms with Gasteiger partial charge in [0, 0.05) is 32.0 Å². The van der Waals surface area contributed by atoms with E-state index in [1.54, 1.807) is 6.20 Å². The van der Waals surface area contributed by atoms with Gasteiger partial charge in [0.25, 0.3) is 0 Å². The molecule has 0 spiro atoms. The number of pyridine rings is 1. The normalized spacial score (nSPS) is 24.1. The van der Waals surface area contributed by atoms with E-state index in [9.17, 15) is 5.11 Å². The molecule has 2 fully saturated rings. The first-order chi connectivity index (χ1) is 7.76. The van der Waals surface area contributed by atoms with Crippen molar-refractivity contribution in [3.63, 3.8) is 0 Å². The number of β-amino-alcohol motifs (C(OH)–C–C–N with tert-alkyl or cyclic N) is 1. The van der Waals surface area contributed by atoms with E-state index in [-0.39, 0.29) is 5.60 Å². The molecule has 2 aliphatic rings. The maximum absolute atomic E-state index is 10.2. The molecular weight excluding hydrogens is 200 g/mol. The van der Waals surface area contributed by atoms with Crippen LogP contribution in [-0.4, -0.2) is 40.2 Å². The third-order valence-electron chi connectivity index (χ3n) is 3.77. The lowest BCUT2D eigenvalue weighted by Gasteiger charge is -2.47. The van der Waals surface area contributed by atoms with Gasteiger partial charge >= 0.3 is 0 Å². The van der Waals surface area contributed by atoms with Crippen molar-refractivity contribution in [1.82, 2.24) is 9.88 Å². The van der Waals surface area contributed by atoms with Gasteiger partial charge in [-0.3, -0.25) is 9.88 Å². The topological polar surface area (TPSA) is 36.4 Å². The second-order valence-electron chi connectivity index (χ2n) is 5.20. The molecular formula is C13H18N2O. The van der Waals surface area contributed by atoms with E-state index in [0.29, 0.717) is 5.92 Å². The van der Waals surface area contributed by atoms with Gasteiger partial charge in [-0.1, -0.05) is 6.07 Å². The van der Waals surface area contributed by atoms with E-state index < -0.39 is 0 Å². The largest absolute Gasteiger partial charge is 0.387 e. The summed E-state index contributed by atoms with van der Waals surface area (Å²) in [5.41, 5.74) is 0.943. The molecule has 16 heavy (non-hydrogen) atoms. The van der Waals surface area contributed by atoms with E-state index in [1.165, 1.54) is 18.4 Å². The predicted octanol–water partition coefficient (Wildman–Crippen LogP) is 1.08. The summed E-state index contributed by atoms with van der Waals surface area (Å²) in [6, 6.07) is 4.09. The van der Waals surface area contributed by atoms with Gasteiger partial charge in [-0.25, -0.2) is 0 Å². The van der Waals surface area contributed by atoms with Crippen LogP contribution in [0.4, 0.5) is 0 Å². The zero-order valence-corrected chi connectivity index (χ0v) is 9.47. The zero-order chi connectivity index (χ0) is 11.0. The van der Waals surface area contributed by atoms with E-state index >= 15 is 0 Å². The number of aliphatic hydroxyl groups is 1. The standard InChI is InChI=1S/C13H18N2O/c16-13(12-3-4-12)9-15(10-13)7-5-11-2-1-6-14-8-11/h1-2,6,8,12,16H,3-5,7,9-10H2. The minimum absolute atomic E-state index is 0.338. The van der Waals surface area contributed by atoms with Gasteiger partial charge < -0.3 is 5.11 Å². The summed E-state index contributed by atoms with van der Waals surface area (Å²) in [7, 11) is 0. The minimum atomic E-state index is -0.338. The molecule has 0 aromatic carbocycles. The highest BCUT2D eigenvalue weighted by Gasteiger charge is 2.51. The predicted molar refractivity (Wildman–Crippen MR) is 62.1 cm³/mol. The molecule has 1 saturated carbocycles. The maximum Gasteiger partial charge on any atom is 0.0928 e. The van der Waals surface area contributed by atoms with E-state index in [4.69, 9.17) is 0 Å². The van der Waals surface area contributed by atoms with Crippen molar-refractivity contribution in [2.45, 2.75) is 24.9 Å². The van der Waals surface area contributed by atoms with Crippen molar-refractivity contribution in [3.05, 3.63) is 30.1 Å². The van der Waals surface area contributed by atoms with Crippen LogP contribution in [-0.2, 0) is 6.42 Å². The molecule has 0 atom stereocenters. The van der Waals surface area contributed by atoms with Gasteiger partial charge in [-0.15, -0.1) is 0 Å². The van der Waals surface area contributed by atoms with Crippen LogP contribution in [0.2, 0.25) is 0 Å². The Balaban J connectivity index is 1.45. The van der Waals surface area contributed by atoms with Crippen LogP contribution < -0.4 is 0 Å². The quantitative estimate of drug-likeness (QED) is 0.821. The highest BCUT2D eigenvalue weighted by molar-refractivity contribution is 5.10. The molecule has 0 amide bonds. The van der Waals surface area contributed by atoms with Crippen molar-refractivity contribution in [2.75, 3.05) is 19.6 Å². The van der Waals surface area contributed by atoms with Gasteiger partial charge in [0.2, 0.25) is 0 Å². The molecule has 0 radical (unpaired) electrons. The maximum atomic E-state index is 10.2. The van der Waals surface area contributed by atoms with Crippen molar-refractivity contribution in [3.8, 4) is 0 Å². The first-order valence-electron chi connectivity index (χ1n) is 6.10. The van der Waals surface area contributed by atoms with Crippen molar-refractivity contribution in [1.29, 1.82) is 0 Å². The average Bonchev–Trinajstić information content (AvgIpc) is 3.08. The Labute approximate surface area is 96.1 Å². The molecule has 1 aliphatic heterocycles. The summed E-state index contributed by atoms with van der Waals surface area (Å²) in [6.07, 6.45) is 7.22. The van der Waals surface area contributed by atoms with E-state index in [2.05, 4.69) is 16.0 Å². The molecule has 86 valence electrons. The molecule has 0 bridgehead atoms. The van der Waals surface area contributed by atoms with Crippen LogP contribution in [0.1, 0.15) is 18.4 Å². The lowest BCUT2D eigenvalue weighted by Crippen LogP contribution is -2.63. The van der Waals surface area contributed by atoms with Gasteiger partial charge in [0.05, 0.1) is 5.60 Å². The molecule has 1 N–H and O–H groups in total. The van der Waals surface area contributed by atoms with E-state index in [1.807, 2.05) is 12.3 Å². The Hall–Kier alpha value is -0.930. The van der Waals surface area contributed by atoms with Gasteiger partial charge in [0.1, 0.15) is 0 Å². The highest BCUT2D eigenvalue weighted by Crippen LogP contribution is 2.44. The van der Waals surface area contributed by atoms with Gasteiger partial charge in [0.15, 0.2) is 0 Å². The fraction of sp³-hybridized carbons (Fsp3) is 0.615. The van der Waals surface area contributed by atoms with Crippen LogP contribution in [0, 0.1) is 5.92 Å². The molecule has 3 heteroatoms. The molecule has 2 heterocycles. The van der Waals surface area contributed by atoms with Crippen LogP contribution >= 0.6 is 0 Å². The fourth-order valence-electron chi connectivity index (χ4n) is 2.60. The lowest BCUT2D eigenvalue weighted by molar-refractivity contribution is -0.112. The van der Waals surface area contributed by atoms with Crippen LogP contribution in [0.15, 0.2) is 24.5 Å². The van der Waals surface area contributed by atoms with Crippen LogP contribution in [0.25, 0.3) is 0 Å².